The molecule has 2 aliphatic rings. The van der Waals surface area contributed by atoms with Crippen molar-refractivity contribution in [3.8, 4) is 0 Å². The molecule has 1 aliphatic carbocycles. The normalized spacial score (nSPS) is 37.9. The van der Waals surface area contributed by atoms with Crippen LogP contribution in [0.4, 0.5) is 0 Å². The minimum Gasteiger partial charge on any atom is -0.393 e. The summed E-state index contributed by atoms with van der Waals surface area (Å²) in [5, 5.41) is 9.83. The highest BCUT2D eigenvalue weighted by molar-refractivity contribution is 5.04. The van der Waals surface area contributed by atoms with Crippen LogP contribution >= 0.6 is 0 Å². The SMILES string of the molecule is CC(C)=CCCC(C)C1C[C@H](O)CC[C@]12CO2. The number of ether oxygens (including phenoxy) is 1. The Balaban J connectivity index is 1.88. The molecule has 0 aromatic heterocycles. The quantitative estimate of drug-likeness (QED) is 0.602. The summed E-state index contributed by atoms with van der Waals surface area (Å²) in [4.78, 5) is 0. The van der Waals surface area contributed by atoms with Gasteiger partial charge in [0.1, 0.15) is 0 Å². The van der Waals surface area contributed by atoms with Crippen molar-refractivity contribution in [2.24, 2.45) is 11.8 Å². The van der Waals surface area contributed by atoms with Gasteiger partial charge in [0, 0.05) is 0 Å². The van der Waals surface area contributed by atoms with E-state index in [0.29, 0.717) is 11.8 Å². The molecule has 1 aliphatic heterocycles. The molecule has 1 saturated heterocycles. The molecule has 1 spiro atoms. The second-order valence-electron chi connectivity index (χ2n) is 6.22. The second kappa shape index (κ2) is 5.11. The van der Waals surface area contributed by atoms with Gasteiger partial charge in [0.2, 0.25) is 0 Å². The highest BCUT2D eigenvalue weighted by Crippen LogP contribution is 2.50. The Bertz CT molecular complexity index is 287. The number of aliphatic hydroxyl groups excluding tert-OH is 1. The van der Waals surface area contributed by atoms with Crippen LogP contribution in [-0.4, -0.2) is 23.4 Å². The average Bonchev–Trinajstić information content (AvgIpc) is 3.02. The van der Waals surface area contributed by atoms with E-state index in [-0.39, 0.29) is 11.7 Å². The highest BCUT2D eigenvalue weighted by Gasteiger charge is 2.55. The van der Waals surface area contributed by atoms with Crippen LogP contribution in [0.1, 0.15) is 52.9 Å². The highest BCUT2D eigenvalue weighted by atomic mass is 16.6. The minimum absolute atomic E-state index is 0.0965. The van der Waals surface area contributed by atoms with Gasteiger partial charge in [-0.25, -0.2) is 0 Å². The third-order valence-corrected chi connectivity index (χ3v) is 4.48. The van der Waals surface area contributed by atoms with E-state index in [4.69, 9.17) is 4.74 Å². The zero-order valence-electron chi connectivity index (χ0n) is 11.4. The molecule has 0 bridgehead atoms. The van der Waals surface area contributed by atoms with Crippen LogP contribution in [0.5, 0.6) is 0 Å². The van der Waals surface area contributed by atoms with Crippen molar-refractivity contribution in [2.75, 3.05) is 6.61 Å². The summed E-state index contributed by atoms with van der Waals surface area (Å²) in [5.41, 5.74) is 1.56. The maximum absolute atomic E-state index is 9.83. The fourth-order valence-electron chi connectivity index (χ4n) is 3.26. The van der Waals surface area contributed by atoms with E-state index >= 15 is 0 Å². The summed E-state index contributed by atoms with van der Waals surface area (Å²) in [7, 11) is 0. The summed E-state index contributed by atoms with van der Waals surface area (Å²) in [6, 6.07) is 0. The molecule has 2 nitrogen and oxygen atoms in total. The first-order valence-electron chi connectivity index (χ1n) is 6.99. The summed E-state index contributed by atoms with van der Waals surface area (Å²) in [6.07, 6.45) is 7.52. The van der Waals surface area contributed by atoms with Gasteiger partial charge in [-0.1, -0.05) is 18.6 Å². The number of aliphatic hydroxyl groups is 1. The van der Waals surface area contributed by atoms with Crippen LogP contribution in [0.3, 0.4) is 0 Å². The first-order chi connectivity index (χ1) is 8.03. The van der Waals surface area contributed by atoms with Gasteiger partial charge in [0.15, 0.2) is 0 Å². The Morgan fingerprint density at radius 3 is 2.82 bits per heavy atom. The molecule has 2 rings (SSSR count). The Hall–Kier alpha value is -0.340. The lowest BCUT2D eigenvalue weighted by Crippen LogP contribution is -2.38. The van der Waals surface area contributed by atoms with Gasteiger partial charge in [0.05, 0.1) is 18.3 Å². The molecule has 17 heavy (non-hydrogen) atoms. The third kappa shape index (κ3) is 3.11. The molecule has 2 heteroatoms. The Kier molecular flexibility index (Phi) is 3.94. The zero-order chi connectivity index (χ0) is 12.5. The predicted octanol–water partition coefficient (Wildman–Crippen LogP) is 3.30. The van der Waals surface area contributed by atoms with E-state index in [9.17, 15) is 5.11 Å². The van der Waals surface area contributed by atoms with Crippen LogP contribution in [0, 0.1) is 11.8 Å². The lowest BCUT2D eigenvalue weighted by atomic mass is 9.70. The largest absolute Gasteiger partial charge is 0.393 e. The number of allylic oxidation sites excluding steroid dienone is 2. The van der Waals surface area contributed by atoms with Crippen molar-refractivity contribution in [2.45, 2.75) is 64.6 Å². The topological polar surface area (TPSA) is 32.8 Å². The molecule has 4 atom stereocenters. The van der Waals surface area contributed by atoms with Crippen LogP contribution in [0.25, 0.3) is 0 Å². The molecule has 0 radical (unpaired) electrons. The smallest absolute Gasteiger partial charge is 0.0948 e. The molecular weight excluding hydrogens is 212 g/mol. The lowest BCUT2D eigenvalue weighted by molar-refractivity contribution is 0.0243. The molecule has 1 saturated carbocycles. The molecule has 0 amide bonds. The summed E-state index contributed by atoms with van der Waals surface area (Å²) in [5.74, 6) is 1.22. The standard InChI is InChI=1S/C15H26O2/c1-11(2)5-4-6-12(3)14-9-13(16)7-8-15(14)10-17-15/h5,12-14,16H,4,6-10H2,1-3H3/t12?,13-,14?,15+/m1/s1. The van der Waals surface area contributed by atoms with E-state index in [1.165, 1.54) is 12.0 Å². The minimum atomic E-state index is -0.0965. The molecule has 98 valence electrons. The molecule has 0 aromatic carbocycles. The van der Waals surface area contributed by atoms with Gasteiger partial charge in [-0.05, 0) is 57.8 Å². The summed E-state index contributed by atoms with van der Waals surface area (Å²) >= 11 is 0. The summed E-state index contributed by atoms with van der Waals surface area (Å²) in [6.45, 7) is 7.56. The van der Waals surface area contributed by atoms with Crippen LogP contribution < -0.4 is 0 Å². The predicted molar refractivity (Wildman–Crippen MR) is 69.9 cm³/mol. The van der Waals surface area contributed by atoms with Crippen LogP contribution in [0.15, 0.2) is 11.6 Å². The number of epoxide rings is 1. The number of hydrogen-bond acceptors (Lipinski definition) is 2. The average molecular weight is 238 g/mol. The maximum atomic E-state index is 9.83. The zero-order valence-corrected chi connectivity index (χ0v) is 11.4. The first kappa shape index (κ1) is 13.1. The van der Waals surface area contributed by atoms with Crippen molar-refractivity contribution in [1.29, 1.82) is 0 Å². The number of rotatable bonds is 4. The van der Waals surface area contributed by atoms with Crippen molar-refractivity contribution in [1.82, 2.24) is 0 Å². The van der Waals surface area contributed by atoms with Gasteiger partial charge in [0.25, 0.3) is 0 Å². The van der Waals surface area contributed by atoms with E-state index in [1.807, 2.05) is 0 Å². The molecular formula is C15H26O2. The van der Waals surface area contributed by atoms with Crippen molar-refractivity contribution in [3.63, 3.8) is 0 Å². The fourth-order valence-corrected chi connectivity index (χ4v) is 3.26. The molecule has 1 N–H and O–H groups in total. The van der Waals surface area contributed by atoms with Crippen molar-refractivity contribution >= 4 is 0 Å². The Morgan fingerprint density at radius 2 is 2.24 bits per heavy atom. The molecule has 0 aromatic rings. The third-order valence-electron chi connectivity index (χ3n) is 4.48. The van der Waals surface area contributed by atoms with Gasteiger partial charge in [-0.15, -0.1) is 0 Å². The molecule has 2 fully saturated rings. The van der Waals surface area contributed by atoms with Gasteiger partial charge < -0.3 is 9.84 Å². The Labute approximate surface area is 105 Å². The van der Waals surface area contributed by atoms with Crippen molar-refractivity contribution < 1.29 is 9.84 Å². The van der Waals surface area contributed by atoms with E-state index in [0.717, 1.165) is 32.3 Å². The van der Waals surface area contributed by atoms with Gasteiger partial charge in [-0.2, -0.15) is 0 Å². The van der Waals surface area contributed by atoms with E-state index < -0.39 is 0 Å². The van der Waals surface area contributed by atoms with E-state index in [1.54, 1.807) is 0 Å². The first-order valence-corrected chi connectivity index (χ1v) is 6.99. The van der Waals surface area contributed by atoms with Crippen LogP contribution in [-0.2, 0) is 4.74 Å². The lowest BCUT2D eigenvalue weighted by Gasteiger charge is -2.36. The monoisotopic (exact) mass is 238 g/mol. The van der Waals surface area contributed by atoms with E-state index in [2.05, 4.69) is 26.8 Å². The Morgan fingerprint density at radius 1 is 1.53 bits per heavy atom. The van der Waals surface area contributed by atoms with Gasteiger partial charge in [-0.3, -0.25) is 0 Å². The fraction of sp³-hybridized carbons (Fsp3) is 0.867. The molecule has 1 heterocycles. The number of hydrogen-bond donors (Lipinski definition) is 1. The van der Waals surface area contributed by atoms with Gasteiger partial charge >= 0.3 is 0 Å². The summed E-state index contributed by atoms with van der Waals surface area (Å²) < 4.78 is 5.72. The van der Waals surface area contributed by atoms with Crippen molar-refractivity contribution in [3.05, 3.63) is 11.6 Å². The maximum Gasteiger partial charge on any atom is 0.0948 e. The molecule has 2 unspecified atom stereocenters. The van der Waals surface area contributed by atoms with Crippen LogP contribution in [0.2, 0.25) is 0 Å². The second-order valence-corrected chi connectivity index (χ2v) is 6.22.